The second kappa shape index (κ2) is 3.35. The number of tetrazole rings is 1. The van der Waals surface area contributed by atoms with Crippen LogP contribution in [-0.4, -0.2) is 20.2 Å². The summed E-state index contributed by atoms with van der Waals surface area (Å²) in [4.78, 5) is 1.81. The lowest BCUT2D eigenvalue weighted by atomic mass is 9.96. The fraction of sp³-hybridized carbons (Fsp3) is 0.857. The normalized spacial score (nSPS) is 19.7. The van der Waals surface area contributed by atoms with Crippen molar-refractivity contribution in [2.75, 3.05) is 0 Å². The molecule has 0 bridgehead atoms. The van der Waals surface area contributed by atoms with Gasteiger partial charge in [0.05, 0.1) is 6.04 Å². The monoisotopic (exact) mass is 184 g/mol. The van der Waals surface area contributed by atoms with Gasteiger partial charge < -0.3 is 0 Å². The van der Waals surface area contributed by atoms with Crippen molar-refractivity contribution in [2.24, 2.45) is 0 Å². The molecule has 1 aromatic heterocycles. The molecule has 2 rings (SSSR count). The summed E-state index contributed by atoms with van der Waals surface area (Å²) in [5.74, 6) is 0. The van der Waals surface area contributed by atoms with Gasteiger partial charge >= 0.3 is 0 Å². The molecule has 0 radical (unpaired) electrons. The smallest absolute Gasteiger partial charge is 0.235 e. The van der Waals surface area contributed by atoms with Crippen molar-refractivity contribution in [1.82, 2.24) is 20.2 Å². The van der Waals surface area contributed by atoms with E-state index in [1.54, 1.807) is 0 Å². The zero-order chi connectivity index (χ0) is 8.39. The summed E-state index contributed by atoms with van der Waals surface area (Å²) < 4.78 is 0.487. The van der Waals surface area contributed by atoms with E-state index in [0.717, 1.165) is 0 Å². The Hall–Kier alpha value is -0.710. The Morgan fingerprint density at radius 2 is 2.08 bits per heavy atom. The lowest BCUT2D eigenvalue weighted by Gasteiger charge is -2.20. The highest BCUT2D eigenvalue weighted by atomic mass is 32.1. The van der Waals surface area contributed by atoms with Crippen LogP contribution in [0.3, 0.4) is 0 Å². The van der Waals surface area contributed by atoms with Gasteiger partial charge in [0.15, 0.2) is 0 Å². The second-order valence-corrected chi connectivity index (χ2v) is 3.63. The molecule has 0 unspecified atom stereocenters. The maximum absolute atomic E-state index is 4.85. The maximum atomic E-state index is 4.85. The van der Waals surface area contributed by atoms with Gasteiger partial charge in [-0.1, -0.05) is 24.4 Å². The van der Waals surface area contributed by atoms with Gasteiger partial charge in [-0.2, -0.15) is 4.80 Å². The molecule has 0 aliphatic heterocycles. The highest BCUT2D eigenvalue weighted by molar-refractivity contribution is 7.71. The van der Waals surface area contributed by atoms with Crippen molar-refractivity contribution in [3.05, 3.63) is 4.77 Å². The van der Waals surface area contributed by atoms with E-state index in [0.29, 0.717) is 10.8 Å². The van der Waals surface area contributed by atoms with Crippen LogP contribution in [-0.2, 0) is 0 Å². The van der Waals surface area contributed by atoms with Gasteiger partial charge in [0.25, 0.3) is 0 Å². The Morgan fingerprint density at radius 1 is 1.33 bits per heavy atom. The van der Waals surface area contributed by atoms with Gasteiger partial charge in [-0.25, -0.2) is 0 Å². The molecule has 5 heteroatoms. The quantitative estimate of drug-likeness (QED) is 0.677. The summed E-state index contributed by atoms with van der Waals surface area (Å²) in [7, 11) is 0. The maximum Gasteiger partial charge on any atom is 0.235 e. The fourth-order valence-corrected chi connectivity index (χ4v) is 1.85. The van der Waals surface area contributed by atoms with Crippen molar-refractivity contribution in [2.45, 2.75) is 38.1 Å². The van der Waals surface area contributed by atoms with Crippen LogP contribution >= 0.6 is 12.2 Å². The Morgan fingerprint density at radius 3 is 2.67 bits per heavy atom. The Labute approximate surface area is 76.0 Å². The molecule has 66 valence electrons. The summed E-state index contributed by atoms with van der Waals surface area (Å²) in [6, 6.07) is 0.503. The van der Waals surface area contributed by atoms with Crippen molar-refractivity contribution < 1.29 is 0 Å². The predicted octanol–water partition coefficient (Wildman–Crippen LogP) is 1.84. The van der Waals surface area contributed by atoms with Gasteiger partial charge in [0, 0.05) is 0 Å². The van der Waals surface area contributed by atoms with Crippen LogP contribution in [0.2, 0.25) is 0 Å². The second-order valence-electron chi connectivity index (χ2n) is 3.24. The van der Waals surface area contributed by atoms with Crippen LogP contribution in [0.15, 0.2) is 0 Å². The van der Waals surface area contributed by atoms with E-state index >= 15 is 0 Å². The first-order valence-corrected chi connectivity index (χ1v) is 4.78. The highest BCUT2D eigenvalue weighted by Gasteiger charge is 2.15. The molecule has 1 fully saturated rings. The minimum atomic E-state index is 0.487. The SMILES string of the molecule is S=c1nnn(C2CCCCC2)[nH]1. The lowest BCUT2D eigenvalue weighted by molar-refractivity contribution is 0.297. The average Bonchev–Trinajstić information content (AvgIpc) is 2.54. The highest BCUT2D eigenvalue weighted by Crippen LogP contribution is 2.25. The van der Waals surface area contributed by atoms with E-state index < -0.39 is 0 Å². The number of hydrogen-bond donors (Lipinski definition) is 1. The van der Waals surface area contributed by atoms with E-state index in [1.807, 2.05) is 4.80 Å². The number of aromatic nitrogens is 4. The topological polar surface area (TPSA) is 46.5 Å². The van der Waals surface area contributed by atoms with Gasteiger partial charge in [0.2, 0.25) is 4.77 Å². The molecular weight excluding hydrogens is 172 g/mol. The number of aromatic amines is 1. The molecule has 1 saturated carbocycles. The van der Waals surface area contributed by atoms with E-state index in [-0.39, 0.29) is 0 Å². The minimum Gasteiger partial charge on any atom is -0.253 e. The third-order valence-electron chi connectivity index (χ3n) is 2.36. The molecule has 0 atom stereocenters. The third kappa shape index (κ3) is 1.55. The van der Waals surface area contributed by atoms with Crippen molar-refractivity contribution in [3.8, 4) is 0 Å². The standard InChI is InChI=1S/C7H12N4S/c12-7-8-10-11(9-7)6-4-2-1-3-5-6/h6H,1-5H2,(H,9,12). The van der Waals surface area contributed by atoms with Gasteiger partial charge in [0.1, 0.15) is 0 Å². The molecule has 1 aliphatic carbocycles. The molecule has 0 spiro atoms. The van der Waals surface area contributed by atoms with Crippen molar-refractivity contribution in [3.63, 3.8) is 0 Å². The van der Waals surface area contributed by atoms with E-state index in [2.05, 4.69) is 15.4 Å². The number of H-pyrrole nitrogens is 1. The van der Waals surface area contributed by atoms with Crippen molar-refractivity contribution in [1.29, 1.82) is 0 Å². The molecule has 4 nitrogen and oxygen atoms in total. The van der Waals surface area contributed by atoms with Crippen LogP contribution in [0.5, 0.6) is 0 Å². The van der Waals surface area contributed by atoms with Gasteiger partial charge in [-0.05, 0) is 30.3 Å². The predicted molar refractivity (Wildman–Crippen MR) is 47.3 cm³/mol. The van der Waals surface area contributed by atoms with Crippen LogP contribution in [0, 0.1) is 4.77 Å². The molecular formula is C7H12N4S. The van der Waals surface area contributed by atoms with Crippen LogP contribution in [0.25, 0.3) is 0 Å². The third-order valence-corrected chi connectivity index (χ3v) is 2.54. The van der Waals surface area contributed by atoms with E-state index in [1.165, 1.54) is 32.1 Å². The summed E-state index contributed by atoms with van der Waals surface area (Å²) in [6.07, 6.45) is 6.35. The van der Waals surface area contributed by atoms with E-state index in [4.69, 9.17) is 12.2 Å². The summed E-state index contributed by atoms with van der Waals surface area (Å²) >= 11 is 4.85. The Balaban J connectivity index is 2.13. The summed E-state index contributed by atoms with van der Waals surface area (Å²) in [5.41, 5.74) is 0. The van der Waals surface area contributed by atoms with Gasteiger partial charge in [-0.3, -0.25) is 5.10 Å². The number of hydrogen-bond acceptors (Lipinski definition) is 3. The first kappa shape index (κ1) is 7.91. The first-order valence-electron chi connectivity index (χ1n) is 4.38. The lowest BCUT2D eigenvalue weighted by Crippen LogP contribution is -2.15. The zero-order valence-electron chi connectivity index (χ0n) is 6.86. The Kier molecular flexibility index (Phi) is 2.21. The number of nitrogens with one attached hydrogen (secondary N) is 1. The molecule has 1 heterocycles. The van der Waals surface area contributed by atoms with Crippen molar-refractivity contribution >= 4 is 12.2 Å². The molecule has 1 aromatic rings. The van der Waals surface area contributed by atoms with E-state index in [9.17, 15) is 0 Å². The largest absolute Gasteiger partial charge is 0.253 e. The van der Waals surface area contributed by atoms with Crippen LogP contribution in [0.1, 0.15) is 38.1 Å². The average molecular weight is 184 g/mol. The van der Waals surface area contributed by atoms with Crippen LogP contribution in [0.4, 0.5) is 0 Å². The zero-order valence-corrected chi connectivity index (χ0v) is 7.68. The number of rotatable bonds is 1. The molecule has 12 heavy (non-hydrogen) atoms. The molecule has 0 amide bonds. The Bertz CT molecular complexity index is 296. The number of nitrogens with zero attached hydrogens (tertiary/aromatic N) is 3. The molecule has 0 saturated heterocycles. The first-order chi connectivity index (χ1) is 5.86. The van der Waals surface area contributed by atoms with Crippen LogP contribution < -0.4 is 0 Å². The molecule has 1 N–H and O–H groups in total. The minimum absolute atomic E-state index is 0.487. The molecule has 1 aliphatic rings. The van der Waals surface area contributed by atoms with Gasteiger partial charge in [-0.15, -0.1) is 0 Å². The fourth-order valence-electron chi connectivity index (χ4n) is 1.72. The summed E-state index contributed by atoms with van der Waals surface area (Å²) in [5, 5.41) is 10.7. The molecule has 0 aromatic carbocycles. The summed E-state index contributed by atoms with van der Waals surface area (Å²) in [6.45, 7) is 0.